The lowest BCUT2D eigenvalue weighted by Crippen LogP contribution is -2.12. The summed E-state index contributed by atoms with van der Waals surface area (Å²) in [6.07, 6.45) is 0. The number of halogens is 1. The highest BCUT2D eigenvalue weighted by Gasteiger charge is 2.12. The first-order chi connectivity index (χ1) is 11.6. The third-order valence-corrected chi connectivity index (χ3v) is 4.44. The Balaban J connectivity index is 1.61. The molecule has 0 atom stereocenters. The van der Waals surface area contributed by atoms with Crippen molar-refractivity contribution in [3.8, 4) is 5.75 Å². The van der Waals surface area contributed by atoms with Gasteiger partial charge in [-0.25, -0.2) is 4.98 Å². The average molecular weight is 359 g/mol. The Morgan fingerprint density at radius 1 is 1.21 bits per heavy atom. The molecular formula is C18H15ClN2O2S. The molecular weight excluding hydrogens is 344 g/mol. The van der Waals surface area contributed by atoms with Crippen LogP contribution in [0.4, 0.5) is 5.69 Å². The molecule has 0 saturated heterocycles. The predicted molar refractivity (Wildman–Crippen MR) is 97.0 cm³/mol. The van der Waals surface area contributed by atoms with Gasteiger partial charge in [0.25, 0.3) is 5.91 Å². The molecule has 3 aromatic rings. The first kappa shape index (κ1) is 16.5. The SMILES string of the molecule is Cc1ccc(OCc2nc(C(=O)Nc3ccccc3Cl)cs2)cc1. The van der Waals surface area contributed by atoms with Crippen LogP contribution in [-0.4, -0.2) is 10.9 Å². The van der Waals surface area contributed by atoms with Crippen LogP contribution in [-0.2, 0) is 6.61 Å². The molecule has 3 rings (SSSR count). The third-order valence-electron chi connectivity index (χ3n) is 3.29. The average Bonchev–Trinajstić information content (AvgIpc) is 3.06. The number of para-hydroxylation sites is 1. The van der Waals surface area contributed by atoms with Gasteiger partial charge in [-0.2, -0.15) is 0 Å². The molecule has 4 nitrogen and oxygen atoms in total. The molecule has 0 radical (unpaired) electrons. The van der Waals surface area contributed by atoms with E-state index in [9.17, 15) is 4.79 Å². The maximum Gasteiger partial charge on any atom is 0.275 e. The van der Waals surface area contributed by atoms with Crippen LogP contribution in [0.3, 0.4) is 0 Å². The Bertz CT molecular complexity index is 846. The number of nitrogens with zero attached hydrogens (tertiary/aromatic N) is 1. The van der Waals surface area contributed by atoms with Crippen molar-refractivity contribution in [1.82, 2.24) is 4.98 Å². The van der Waals surface area contributed by atoms with Crippen molar-refractivity contribution < 1.29 is 9.53 Å². The lowest BCUT2D eigenvalue weighted by atomic mass is 10.2. The van der Waals surface area contributed by atoms with E-state index in [1.54, 1.807) is 23.6 Å². The number of ether oxygens (including phenoxy) is 1. The fourth-order valence-corrected chi connectivity index (χ4v) is 2.88. The number of thiazole rings is 1. The lowest BCUT2D eigenvalue weighted by Gasteiger charge is -2.05. The zero-order valence-electron chi connectivity index (χ0n) is 13.0. The minimum absolute atomic E-state index is 0.291. The van der Waals surface area contributed by atoms with Gasteiger partial charge < -0.3 is 10.1 Å². The van der Waals surface area contributed by atoms with Crippen molar-refractivity contribution in [3.63, 3.8) is 0 Å². The Morgan fingerprint density at radius 2 is 1.96 bits per heavy atom. The van der Waals surface area contributed by atoms with Crippen molar-refractivity contribution in [2.75, 3.05) is 5.32 Å². The Hall–Kier alpha value is -2.37. The van der Waals surface area contributed by atoms with E-state index >= 15 is 0 Å². The summed E-state index contributed by atoms with van der Waals surface area (Å²) in [6, 6.07) is 14.9. The highest BCUT2D eigenvalue weighted by atomic mass is 35.5. The number of hydrogen-bond acceptors (Lipinski definition) is 4. The molecule has 2 aromatic carbocycles. The topological polar surface area (TPSA) is 51.2 Å². The van der Waals surface area contributed by atoms with Crippen molar-refractivity contribution in [2.24, 2.45) is 0 Å². The van der Waals surface area contributed by atoms with Gasteiger partial charge in [0.05, 0.1) is 10.7 Å². The molecule has 122 valence electrons. The number of aromatic nitrogens is 1. The largest absolute Gasteiger partial charge is 0.486 e. The van der Waals surface area contributed by atoms with Gasteiger partial charge in [-0.3, -0.25) is 4.79 Å². The second-order valence-electron chi connectivity index (χ2n) is 5.16. The third kappa shape index (κ3) is 4.13. The van der Waals surface area contributed by atoms with Crippen molar-refractivity contribution in [1.29, 1.82) is 0 Å². The molecule has 6 heteroatoms. The van der Waals surface area contributed by atoms with Gasteiger partial charge in [0.2, 0.25) is 0 Å². The minimum atomic E-state index is -0.291. The van der Waals surface area contributed by atoms with Gasteiger partial charge in [0.15, 0.2) is 0 Å². The van der Waals surface area contributed by atoms with E-state index in [0.29, 0.717) is 23.0 Å². The fourth-order valence-electron chi connectivity index (χ4n) is 2.01. The summed E-state index contributed by atoms with van der Waals surface area (Å²) in [6.45, 7) is 2.35. The molecule has 0 aliphatic carbocycles. The Morgan fingerprint density at radius 3 is 2.71 bits per heavy atom. The molecule has 0 aliphatic rings. The number of carbonyl (C=O) groups is 1. The molecule has 0 fully saturated rings. The minimum Gasteiger partial charge on any atom is -0.486 e. The summed E-state index contributed by atoms with van der Waals surface area (Å²) in [7, 11) is 0. The smallest absolute Gasteiger partial charge is 0.275 e. The number of hydrogen-bond donors (Lipinski definition) is 1. The van der Waals surface area contributed by atoms with E-state index in [2.05, 4.69) is 10.3 Å². The maximum atomic E-state index is 12.2. The normalized spacial score (nSPS) is 10.4. The number of anilines is 1. The van der Waals surface area contributed by atoms with Crippen molar-refractivity contribution in [2.45, 2.75) is 13.5 Å². The summed E-state index contributed by atoms with van der Waals surface area (Å²) in [5, 5.41) is 5.69. The van der Waals surface area contributed by atoms with Crippen LogP contribution in [0.2, 0.25) is 5.02 Å². The summed E-state index contributed by atoms with van der Waals surface area (Å²) in [5.74, 6) is 0.485. The summed E-state index contributed by atoms with van der Waals surface area (Å²) in [5.41, 5.74) is 2.09. The summed E-state index contributed by atoms with van der Waals surface area (Å²) in [4.78, 5) is 16.5. The van der Waals surface area contributed by atoms with E-state index in [1.807, 2.05) is 37.3 Å². The summed E-state index contributed by atoms with van der Waals surface area (Å²) >= 11 is 7.42. The first-order valence-electron chi connectivity index (χ1n) is 7.31. The number of rotatable bonds is 5. The molecule has 1 amide bonds. The zero-order chi connectivity index (χ0) is 16.9. The second-order valence-corrected chi connectivity index (χ2v) is 6.51. The standard InChI is InChI=1S/C18H15ClN2O2S/c1-12-6-8-13(9-7-12)23-10-17-20-16(11-24-17)18(22)21-15-5-3-2-4-14(15)19/h2-9,11H,10H2,1H3,(H,21,22). The summed E-state index contributed by atoms with van der Waals surface area (Å²) < 4.78 is 5.67. The van der Waals surface area contributed by atoms with Gasteiger partial charge in [0, 0.05) is 5.38 Å². The second kappa shape index (κ2) is 7.47. The first-order valence-corrected chi connectivity index (χ1v) is 8.57. The fraction of sp³-hybridized carbons (Fsp3) is 0.111. The molecule has 0 aliphatic heterocycles. The van der Waals surface area contributed by atoms with Crippen LogP contribution in [0, 0.1) is 6.92 Å². The Labute approximate surface area is 149 Å². The van der Waals surface area contributed by atoms with Crippen molar-refractivity contribution >= 4 is 34.5 Å². The van der Waals surface area contributed by atoms with E-state index in [4.69, 9.17) is 16.3 Å². The highest BCUT2D eigenvalue weighted by molar-refractivity contribution is 7.09. The van der Waals surface area contributed by atoms with Gasteiger partial charge in [-0.05, 0) is 31.2 Å². The van der Waals surface area contributed by atoms with Crippen LogP contribution >= 0.6 is 22.9 Å². The molecule has 1 aromatic heterocycles. The Kier molecular flexibility index (Phi) is 5.13. The predicted octanol–water partition coefficient (Wildman–Crippen LogP) is 4.94. The molecule has 0 saturated carbocycles. The van der Waals surface area contributed by atoms with Gasteiger partial charge in [-0.1, -0.05) is 41.4 Å². The number of amides is 1. The highest BCUT2D eigenvalue weighted by Crippen LogP contribution is 2.22. The van der Waals surface area contributed by atoms with Gasteiger partial charge in [-0.15, -0.1) is 11.3 Å². The molecule has 1 N–H and O–H groups in total. The van der Waals surface area contributed by atoms with Gasteiger partial charge >= 0.3 is 0 Å². The molecule has 0 spiro atoms. The van der Waals surface area contributed by atoms with Crippen LogP contribution in [0.1, 0.15) is 21.1 Å². The lowest BCUT2D eigenvalue weighted by molar-refractivity contribution is 0.102. The molecule has 0 bridgehead atoms. The van der Waals surface area contributed by atoms with E-state index in [-0.39, 0.29) is 5.91 Å². The number of benzene rings is 2. The monoisotopic (exact) mass is 358 g/mol. The van der Waals surface area contributed by atoms with Gasteiger partial charge in [0.1, 0.15) is 23.1 Å². The van der Waals surface area contributed by atoms with E-state index in [1.165, 1.54) is 16.9 Å². The van der Waals surface area contributed by atoms with E-state index in [0.717, 1.165) is 10.8 Å². The van der Waals surface area contributed by atoms with Crippen molar-refractivity contribution in [3.05, 3.63) is 75.2 Å². The van der Waals surface area contributed by atoms with Crippen LogP contribution in [0.5, 0.6) is 5.75 Å². The number of nitrogens with one attached hydrogen (secondary N) is 1. The van der Waals surface area contributed by atoms with E-state index < -0.39 is 0 Å². The van der Waals surface area contributed by atoms with Crippen LogP contribution in [0.25, 0.3) is 0 Å². The molecule has 0 unspecified atom stereocenters. The molecule has 24 heavy (non-hydrogen) atoms. The maximum absolute atomic E-state index is 12.2. The van der Waals surface area contributed by atoms with Crippen LogP contribution < -0.4 is 10.1 Å². The van der Waals surface area contributed by atoms with Crippen LogP contribution in [0.15, 0.2) is 53.9 Å². The quantitative estimate of drug-likeness (QED) is 0.703. The number of aryl methyl sites for hydroxylation is 1. The molecule has 1 heterocycles. The number of carbonyl (C=O) groups excluding carboxylic acids is 1. The zero-order valence-corrected chi connectivity index (χ0v) is 14.5.